The molecule has 0 spiro atoms. The van der Waals surface area contributed by atoms with Crippen molar-refractivity contribution >= 4 is 17.4 Å². The largest absolute Gasteiger partial charge is 0.435 e. The van der Waals surface area contributed by atoms with Gasteiger partial charge in [-0.15, -0.1) is 0 Å². The van der Waals surface area contributed by atoms with Gasteiger partial charge >= 0.3 is 18.8 Å². The third-order valence-corrected chi connectivity index (χ3v) is 4.89. The summed E-state index contributed by atoms with van der Waals surface area (Å²) in [5, 5.41) is 15.4. The third-order valence-electron chi connectivity index (χ3n) is 4.89. The number of halogens is 5. The summed E-state index contributed by atoms with van der Waals surface area (Å²) in [4.78, 5) is 12.3. The van der Waals surface area contributed by atoms with E-state index in [9.17, 15) is 26.7 Å². The molecule has 36 heavy (non-hydrogen) atoms. The zero-order valence-electron chi connectivity index (χ0n) is 18.5. The van der Waals surface area contributed by atoms with Crippen LogP contribution in [-0.4, -0.2) is 18.4 Å². The molecule has 0 unspecified atom stereocenters. The molecule has 0 atom stereocenters. The van der Waals surface area contributed by atoms with Gasteiger partial charge in [0.25, 0.3) is 0 Å². The number of hydrogen-bond acceptors (Lipinski definition) is 4. The molecule has 11 heteroatoms. The molecular formula is C25H19F5N4O2. The molecular weight excluding hydrogens is 483 g/mol. The van der Waals surface area contributed by atoms with E-state index in [0.29, 0.717) is 12.0 Å². The molecule has 0 bridgehead atoms. The van der Waals surface area contributed by atoms with Crippen molar-refractivity contribution in [2.24, 2.45) is 5.10 Å². The first kappa shape index (κ1) is 26.2. The lowest BCUT2D eigenvalue weighted by molar-refractivity contribution is -0.137. The number of hydrazone groups is 1. The van der Waals surface area contributed by atoms with Gasteiger partial charge < -0.3 is 10.1 Å². The molecule has 6 nitrogen and oxygen atoms in total. The van der Waals surface area contributed by atoms with Crippen LogP contribution in [0, 0.1) is 11.3 Å². The topological polar surface area (TPSA) is 86.5 Å². The lowest BCUT2D eigenvalue weighted by Crippen LogP contribution is -2.26. The van der Waals surface area contributed by atoms with Crippen LogP contribution >= 0.6 is 0 Å². The first-order valence-corrected chi connectivity index (χ1v) is 10.5. The van der Waals surface area contributed by atoms with Crippen molar-refractivity contribution in [1.29, 1.82) is 5.26 Å². The predicted octanol–water partition coefficient (Wildman–Crippen LogP) is 6.34. The van der Waals surface area contributed by atoms with E-state index in [-0.39, 0.29) is 29.1 Å². The smallest absolute Gasteiger partial charge is 0.416 e. The number of nitriles is 1. The minimum atomic E-state index is -4.56. The highest BCUT2D eigenvalue weighted by Crippen LogP contribution is 2.30. The van der Waals surface area contributed by atoms with Crippen LogP contribution in [0.2, 0.25) is 0 Å². The number of hydrogen-bond donors (Lipinski definition) is 2. The van der Waals surface area contributed by atoms with Gasteiger partial charge in [-0.2, -0.15) is 32.3 Å². The number of ether oxygens (including phenoxy) is 1. The minimum absolute atomic E-state index is 0.0939. The number of carbonyl (C=O) groups is 1. The second kappa shape index (κ2) is 11.8. The maximum absolute atomic E-state index is 13.2. The number of nitrogens with one attached hydrogen (secondary N) is 2. The maximum Gasteiger partial charge on any atom is 0.416 e. The Hall–Kier alpha value is -4.46. The molecule has 3 aromatic carbocycles. The van der Waals surface area contributed by atoms with E-state index in [0.717, 1.165) is 17.7 Å². The first-order chi connectivity index (χ1) is 17.1. The lowest BCUT2D eigenvalue weighted by atomic mass is 10.00. The number of alkyl halides is 5. The summed E-state index contributed by atoms with van der Waals surface area (Å²) in [7, 11) is 0. The van der Waals surface area contributed by atoms with Crippen molar-refractivity contribution in [2.45, 2.75) is 25.6 Å². The van der Waals surface area contributed by atoms with E-state index < -0.39 is 24.4 Å². The molecule has 0 radical (unpaired) electrons. The van der Waals surface area contributed by atoms with Crippen LogP contribution in [0.5, 0.6) is 5.75 Å². The molecule has 3 rings (SSSR count). The van der Waals surface area contributed by atoms with Gasteiger partial charge in [0.1, 0.15) is 5.75 Å². The minimum Gasteiger partial charge on any atom is -0.435 e. The van der Waals surface area contributed by atoms with Crippen molar-refractivity contribution in [3.05, 3.63) is 95.1 Å². The van der Waals surface area contributed by atoms with Crippen LogP contribution in [0.3, 0.4) is 0 Å². The van der Waals surface area contributed by atoms with Crippen molar-refractivity contribution in [1.82, 2.24) is 5.43 Å². The van der Waals surface area contributed by atoms with Crippen LogP contribution in [0.15, 0.2) is 77.9 Å². The first-order valence-electron chi connectivity index (χ1n) is 10.5. The van der Waals surface area contributed by atoms with Crippen LogP contribution in [-0.2, 0) is 12.6 Å². The van der Waals surface area contributed by atoms with Crippen molar-refractivity contribution in [3.63, 3.8) is 0 Å². The molecule has 2 amide bonds. The Kier molecular flexibility index (Phi) is 8.57. The number of anilines is 1. The van der Waals surface area contributed by atoms with Crippen molar-refractivity contribution in [2.75, 3.05) is 5.32 Å². The average Bonchev–Trinajstić information content (AvgIpc) is 2.85. The second-order valence-corrected chi connectivity index (χ2v) is 7.41. The Bertz CT molecular complexity index is 1250. The van der Waals surface area contributed by atoms with Crippen LogP contribution in [0.4, 0.5) is 32.4 Å². The van der Waals surface area contributed by atoms with E-state index in [1.165, 1.54) is 36.4 Å². The zero-order chi connectivity index (χ0) is 26.1. The normalized spacial score (nSPS) is 11.6. The molecule has 0 heterocycles. The third kappa shape index (κ3) is 7.80. The van der Waals surface area contributed by atoms with Gasteiger partial charge in [-0.05, 0) is 72.5 Å². The van der Waals surface area contributed by atoms with Crippen molar-refractivity contribution in [3.8, 4) is 11.8 Å². The SMILES string of the molecule is N#Cc1ccc(CC/C(=N/NC(=O)Nc2ccc(OC(F)F)cc2)c2cccc(C(F)(F)F)c2)cc1. The van der Waals surface area contributed by atoms with Crippen LogP contribution < -0.4 is 15.5 Å². The second-order valence-electron chi connectivity index (χ2n) is 7.41. The molecule has 0 saturated carbocycles. The van der Waals surface area contributed by atoms with Gasteiger partial charge in [0.05, 0.1) is 22.9 Å². The average molecular weight is 502 g/mol. The number of urea groups is 1. The highest BCUT2D eigenvalue weighted by molar-refractivity contribution is 6.02. The Labute approximate surface area is 203 Å². The number of nitrogens with zero attached hydrogens (tertiary/aromatic N) is 2. The molecule has 0 aromatic heterocycles. The summed E-state index contributed by atoms with van der Waals surface area (Å²) < 4.78 is 68.4. The summed E-state index contributed by atoms with van der Waals surface area (Å²) in [6.45, 7) is -2.99. The van der Waals surface area contributed by atoms with Gasteiger partial charge in [-0.25, -0.2) is 10.2 Å². The van der Waals surface area contributed by atoms with Crippen molar-refractivity contribution < 1.29 is 31.5 Å². The molecule has 2 N–H and O–H groups in total. The summed E-state index contributed by atoms with van der Waals surface area (Å²) >= 11 is 0. The fourth-order valence-corrected chi connectivity index (χ4v) is 3.15. The van der Waals surface area contributed by atoms with Crippen LogP contribution in [0.25, 0.3) is 0 Å². The monoisotopic (exact) mass is 502 g/mol. The van der Waals surface area contributed by atoms with E-state index in [1.807, 2.05) is 6.07 Å². The molecule has 0 aliphatic rings. The Balaban J connectivity index is 1.76. The van der Waals surface area contributed by atoms with E-state index >= 15 is 0 Å². The number of rotatable bonds is 8. The number of carbonyl (C=O) groups excluding carboxylic acids is 1. The van der Waals surface area contributed by atoms with Gasteiger partial charge in [0, 0.05) is 5.69 Å². The zero-order valence-corrected chi connectivity index (χ0v) is 18.5. The van der Waals surface area contributed by atoms with Gasteiger partial charge in [0.2, 0.25) is 0 Å². The van der Waals surface area contributed by atoms with Gasteiger partial charge in [0.15, 0.2) is 0 Å². The van der Waals surface area contributed by atoms with E-state index in [2.05, 4.69) is 20.6 Å². The Morgan fingerprint density at radius 1 is 1.03 bits per heavy atom. The Morgan fingerprint density at radius 2 is 1.72 bits per heavy atom. The highest BCUT2D eigenvalue weighted by atomic mass is 19.4. The van der Waals surface area contributed by atoms with Gasteiger partial charge in [-0.3, -0.25) is 0 Å². The fraction of sp³-hybridized carbons (Fsp3) is 0.160. The quantitative estimate of drug-likeness (QED) is 0.214. The Morgan fingerprint density at radius 3 is 2.33 bits per heavy atom. The molecule has 3 aromatic rings. The van der Waals surface area contributed by atoms with E-state index in [4.69, 9.17) is 5.26 Å². The summed E-state index contributed by atoms with van der Waals surface area (Å²) in [6.07, 6.45) is -3.98. The summed E-state index contributed by atoms with van der Waals surface area (Å²) in [6, 6.07) is 17.6. The summed E-state index contributed by atoms with van der Waals surface area (Å²) in [5.41, 5.74) is 3.31. The molecule has 186 valence electrons. The maximum atomic E-state index is 13.2. The highest BCUT2D eigenvalue weighted by Gasteiger charge is 2.30. The molecule has 0 aliphatic carbocycles. The molecule has 0 fully saturated rings. The number of amides is 2. The summed E-state index contributed by atoms with van der Waals surface area (Å²) in [5.74, 6) is -0.0939. The van der Waals surface area contributed by atoms with Crippen LogP contribution in [0.1, 0.15) is 28.7 Å². The molecule has 0 saturated heterocycles. The fourth-order valence-electron chi connectivity index (χ4n) is 3.15. The van der Waals surface area contributed by atoms with Gasteiger partial charge in [-0.1, -0.05) is 24.3 Å². The standard InChI is InChI=1S/C25H19F5N4O2/c26-23(27)36-21-11-9-20(10-12-21)32-24(35)34-33-22(13-8-16-4-6-17(15-31)7-5-16)18-2-1-3-19(14-18)25(28,29)30/h1-7,9-12,14,23H,8,13H2,(H2,32,34,35)/b33-22-. The number of aryl methyl sites for hydroxylation is 1. The lowest BCUT2D eigenvalue weighted by Gasteiger charge is -2.12. The predicted molar refractivity (Wildman–Crippen MR) is 123 cm³/mol. The van der Waals surface area contributed by atoms with E-state index in [1.54, 1.807) is 24.3 Å². The molecule has 0 aliphatic heterocycles. The number of benzene rings is 3.